The van der Waals surface area contributed by atoms with Crippen molar-refractivity contribution in [1.29, 1.82) is 0 Å². The van der Waals surface area contributed by atoms with Gasteiger partial charge in [-0.25, -0.2) is 0 Å². The number of esters is 1. The molecule has 2 atom stereocenters. The Morgan fingerprint density at radius 1 is 1.80 bits per heavy atom. The molecule has 1 rings (SSSR count). The molecule has 1 aliphatic heterocycles. The number of hydrogen-bond donors (Lipinski definition) is 0. The van der Waals surface area contributed by atoms with E-state index < -0.39 is 0 Å². The van der Waals surface area contributed by atoms with E-state index in [0.29, 0.717) is 6.42 Å². The zero-order valence-corrected chi connectivity index (χ0v) is 7.77. The summed E-state index contributed by atoms with van der Waals surface area (Å²) >= 11 is 3.41. The molecule has 3 heteroatoms. The van der Waals surface area contributed by atoms with Crippen molar-refractivity contribution in [2.45, 2.75) is 37.1 Å². The van der Waals surface area contributed by atoms with Crippen LogP contribution in [0.25, 0.3) is 0 Å². The number of alkyl halides is 1. The molecule has 0 N–H and O–H groups in total. The molecule has 1 heterocycles. The SMILES string of the molecule is CC(Br)C1(C)CCC(=O)O1. The first-order valence-electron chi connectivity index (χ1n) is 3.40. The lowest BCUT2D eigenvalue weighted by atomic mass is 10.00. The standard InChI is InChI=1S/C7H11BrO2/c1-5(8)7(2)4-3-6(9)10-7/h5H,3-4H2,1-2H3. The molecule has 0 amide bonds. The maximum absolute atomic E-state index is 10.7. The first kappa shape index (κ1) is 8.05. The van der Waals surface area contributed by atoms with Crippen molar-refractivity contribution < 1.29 is 9.53 Å². The maximum atomic E-state index is 10.7. The lowest BCUT2D eigenvalue weighted by molar-refractivity contribution is -0.146. The van der Waals surface area contributed by atoms with Crippen molar-refractivity contribution >= 4 is 21.9 Å². The van der Waals surface area contributed by atoms with Crippen molar-refractivity contribution in [3.63, 3.8) is 0 Å². The van der Waals surface area contributed by atoms with Crippen molar-refractivity contribution in [1.82, 2.24) is 0 Å². The van der Waals surface area contributed by atoms with Gasteiger partial charge >= 0.3 is 5.97 Å². The molecule has 0 aromatic heterocycles. The summed E-state index contributed by atoms with van der Waals surface area (Å²) in [5.74, 6) is -0.0752. The summed E-state index contributed by atoms with van der Waals surface area (Å²) in [6, 6.07) is 0. The van der Waals surface area contributed by atoms with Gasteiger partial charge in [-0.15, -0.1) is 0 Å². The summed E-state index contributed by atoms with van der Waals surface area (Å²) < 4.78 is 5.12. The topological polar surface area (TPSA) is 26.3 Å². The molecule has 0 aromatic carbocycles. The monoisotopic (exact) mass is 206 g/mol. The lowest BCUT2D eigenvalue weighted by Crippen LogP contribution is -2.32. The summed E-state index contributed by atoms with van der Waals surface area (Å²) in [7, 11) is 0. The third-order valence-corrected chi connectivity index (χ3v) is 2.98. The van der Waals surface area contributed by atoms with Gasteiger partial charge in [0, 0.05) is 6.42 Å². The van der Waals surface area contributed by atoms with E-state index in [1.54, 1.807) is 0 Å². The highest BCUT2D eigenvalue weighted by molar-refractivity contribution is 9.09. The van der Waals surface area contributed by atoms with Gasteiger partial charge in [-0.05, 0) is 20.3 Å². The third-order valence-electron chi connectivity index (χ3n) is 2.01. The van der Waals surface area contributed by atoms with Gasteiger partial charge in [-0.2, -0.15) is 0 Å². The molecule has 0 aliphatic carbocycles. The number of rotatable bonds is 1. The Balaban J connectivity index is 2.63. The van der Waals surface area contributed by atoms with Crippen LogP contribution in [-0.4, -0.2) is 16.4 Å². The van der Waals surface area contributed by atoms with Gasteiger partial charge in [0.2, 0.25) is 0 Å². The third kappa shape index (κ3) is 1.34. The molecule has 0 spiro atoms. The summed E-state index contributed by atoms with van der Waals surface area (Å²) in [5.41, 5.74) is -0.267. The zero-order valence-electron chi connectivity index (χ0n) is 6.19. The Bertz CT molecular complexity index is 156. The predicted octanol–water partition coefficient (Wildman–Crippen LogP) is 1.87. The minimum atomic E-state index is -0.267. The zero-order chi connectivity index (χ0) is 7.78. The second-order valence-electron chi connectivity index (χ2n) is 2.90. The van der Waals surface area contributed by atoms with Crippen LogP contribution in [0.15, 0.2) is 0 Å². The lowest BCUT2D eigenvalue weighted by Gasteiger charge is -2.25. The van der Waals surface area contributed by atoms with E-state index in [-0.39, 0.29) is 16.4 Å². The highest BCUT2D eigenvalue weighted by Crippen LogP contribution is 2.32. The minimum absolute atomic E-state index is 0.0752. The molecule has 1 saturated heterocycles. The number of halogens is 1. The van der Waals surface area contributed by atoms with Crippen molar-refractivity contribution in [2.24, 2.45) is 0 Å². The van der Waals surface area contributed by atoms with Gasteiger partial charge in [-0.1, -0.05) is 15.9 Å². The van der Waals surface area contributed by atoms with Crippen LogP contribution in [0.1, 0.15) is 26.7 Å². The minimum Gasteiger partial charge on any atom is -0.458 e. The van der Waals surface area contributed by atoms with Gasteiger partial charge in [0.05, 0.1) is 4.83 Å². The largest absolute Gasteiger partial charge is 0.458 e. The van der Waals surface area contributed by atoms with Gasteiger partial charge in [0.25, 0.3) is 0 Å². The first-order valence-corrected chi connectivity index (χ1v) is 4.32. The van der Waals surface area contributed by atoms with Crippen molar-refractivity contribution in [3.8, 4) is 0 Å². The predicted molar refractivity (Wildman–Crippen MR) is 42.1 cm³/mol. The van der Waals surface area contributed by atoms with Crippen LogP contribution in [-0.2, 0) is 9.53 Å². The highest BCUT2D eigenvalue weighted by atomic mass is 79.9. The highest BCUT2D eigenvalue weighted by Gasteiger charge is 2.39. The normalized spacial score (nSPS) is 35.7. The number of carbonyl (C=O) groups is 1. The molecular weight excluding hydrogens is 196 g/mol. The number of hydrogen-bond acceptors (Lipinski definition) is 2. The fraction of sp³-hybridized carbons (Fsp3) is 0.857. The Morgan fingerprint density at radius 3 is 2.60 bits per heavy atom. The first-order chi connectivity index (χ1) is 4.54. The van der Waals surface area contributed by atoms with Crippen LogP contribution in [0.4, 0.5) is 0 Å². The van der Waals surface area contributed by atoms with Gasteiger partial charge in [-0.3, -0.25) is 4.79 Å². The second-order valence-corrected chi connectivity index (χ2v) is 4.28. The van der Waals surface area contributed by atoms with E-state index in [2.05, 4.69) is 15.9 Å². The van der Waals surface area contributed by atoms with Crippen LogP contribution >= 0.6 is 15.9 Å². The Hall–Kier alpha value is -0.0500. The molecule has 0 radical (unpaired) electrons. The van der Waals surface area contributed by atoms with Gasteiger partial charge < -0.3 is 4.74 Å². The van der Waals surface area contributed by atoms with Crippen LogP contribution in [0.5, 0.6) is 0 Å². The molecule has 2 unspecified atom stereocenters. The molecule has 10 heavy (non-hydrogen) atoms. The summed E-state index contributed by atoms with van der Waals surface area (Å²) in [5, 5.41) is 0. The molecule has 0 aromatic rings. The van der Waals surface area contributed by atoms with E-state index in [1.165, 1.54) is 0 Å². The molecule has 1 fully saturated rings. The second kappa shape index (κ2) is 2.53. The van der Waals surface area contributed by atoms with E-state index in [1.807, 2.05) is 13.8 Å². The number of carbonyl (C=O) groups excluding carboxylic acids is 1. The summed E-state index contributed by atoms with van der Waals surface area (Å²) in [4.78, 5) is 11.0. The summed E-state index contributed by atoms with van der Waals surface area (Å²) in [6.45, 7) is 3.95. The average Bonchev–Trinajstić information content (AvgIpc) is 2.13. The molecule has 0 saturated carbocycles. The molecule has 58 valence electrons. The average molecular weight is 207 g/mol. The Kier molecular flexibility index (Phi) is 2.04. The quantitative estimate of drug-likeness (QED) is 0.484. The molecule has 1 aliphatic rings. The molecule has 2 nitrogen and oxygen atoms in total. The van der Waals surface area contributed by atoms with E-state index in [0.717, 1.165) is 6.42 Å². The number of cyclic esters (lactones) is 1. The van der Waals surface area contributed by atoms with Crippen LogP contribution < -0.4 is 0 Å². The Morgan fingerprint density at radius 2 is 2.40 bits per heavy atom. The molecular formula is C7H11BrO2. The van der Waals surface area contributed by atoms with Gasteiger partial charge in [0.15, 0.2) is 0 Å². The van der Waals surface area contributed by atoms with E-state index >= 15 is 0 Å². The molecule has 0 bridgehead atoms. The van der Waals surface area contributed by atoms with Gasteiger partial charge in [0.1, 0.15) is 5.60 Å². The maximum Gasteiger partial charge on any atom is 0.306 e. The smallest absolute Gasteiger partial charge is 0.306 e. The van der Waals surface area contributed by atoms with Crippen LogP contribution in [0.2, 0.25) is 0 Å². The van der Waals surface area contributed by atoms with Crippen molar-refractivity contribution in [2.75, 3.05) is 0 Å². The summed E-state index contributed by atoms with van der Waals surface area (Å²) in [6.07, 6.45) is 1.39. The van der Waals surface area contributed by atoms with Crippen molar-refractivity contribution in [3.05, 3.63) is 0 Å². The van der Waals surface area contributed by atoms with E-state index in [9.17, 15) is 4.79 Å². The van der Waals surface area contributed by atoms with Crippen LogP contribution in [0.3, 0.4) is 0 Å². The fourth-order valence-electron chi connectivity index (χ4n) is 0.992. The van der Waals surface area contributed by atoms with Crippen LogP contribution in [0, 0.1) is 0 Å². The number of ether oxygens (including phenoxy) is 1. The fourth-order valence-corrected chi connectivity index (χ4v) is 1.31. The Labute approximate surface area is 69.1 Å². The van der Waals surface area contributed by atoms with E-state index in [4.69, 9.17) is 4.74 Å².